The molecule has 0 radical (unpaired) electrons. The normalized spacial score (nSPS) is 24.3. The van der Waals surface area contributed by atoms with Gasteiger partial charge in [0.2, 0.25) is 11.8 Å². The van der Waals surface area contributed by atoms with Crippen LogP contribution in [0.25, 0.3) is 0 Å². The van der Waals surface area contributed by atoms with Crippen LogP contribution in [-0.4, -0.2) is 34.7 Å². The molecule has 1 aliphatic heterocycles. The van der Waals surface area contributed by atoms with Gasteiger partial charge in [0.05, 0.1) is 0 Å². The standard InChI is InChI=1S/C16H26N2O3/c1-11(2)9-16(7-5-6-8-16)14(21)18-10-12(19)17-13(20)15(18,3)4/h11H,5-10H2,1-4H3,(H,17,19,20). The lowest BCUT2D eigenvalue weighted by molar-refractivity contribution is -0.162. The molecule has 1 aliphatic carbocycles. The van der Waals surface area contributed by atoms with E-state index in [1.165, 1.54) is 4.90 Å². The summed E-state index contributed by atoms with van der Waals surface area (Å²) in [5.41, 5.74) is -1.35. The molecule has 3 amide bonds. The molecule has 2 fully saturated rings. The van der Waals surface area contributed by atoms with Crippen molar-refractivity contribution in [2.75, 3.05) is 6.54 Å². The summed E-state index contributed by atoms with van der Waals surface area (Å²) in [5, 5.41) is 2.33. The van der Waals surface area contributed by atoms with E-state index in [0.717, 1.165) is 32.1 Å². The zero-order chi connectivity index (χ0) is 15.8. The van der Waals surface area contributed by atoms with E-state index in [1.807, 2.05) is 0 Å². The van der Waals surface area contributed by atoms with Crippen molar-refractivity contribution in [3.8, 4) is 0 Å². The van der Waals surface area contributed by atoms with E-state index in [-0.39, 0.29) is 29.7 Å². The highest BCUT2D eigenvalue weighted by Crippen LogP contribution is 2.45. The van der Waals surface area contributed by atoms with Gasteiger partial charge in [-0.05, 0) is 39.0 Å². The van der Waals surface area contributed by atoms with Crippen molar-refractivity contribution < 1.29 is 14.4 Å². The number of amides is 3. The Hall–Kier alpha value is -1.39. The van der Waals surface area contributed by atoms with Crippen LogP contribution in [0.2, 0.25) is 0 Å². The third-order valence-electron chi connectivity index (χ3n) is 4.84. The number of nitrogens with one attached hydrogen (secondary N) is 1. The van der Waals surface area contributed by atoms with Gasteiger partial charge in [-0.3, -0.25) is 19.7 Å². The van der Waals surface area contributed by atoms with Crippen LogP contribution in [-0.2, 0) is 14.4 Å². The molecule has 21 heavy (non-hydrogen) atoms. The molecule has 0 aromatic heterocycles. The fourth-order valence-electron chi connectivity index (χ4n) is 3.73. The minimum absolute atomic E-state index is 0.0121. The molecule has 5 heteroatoms. The fraction of sp³-hybridized carbons (Fsp3) is 0.812. The first-order valence-electron chi connectivity index (χ1n) is 7.85. The Morgan fingerprint density at radius 1 is 1.24 bits per heavy atom. The number of imide groups is 1. The minimum atomic E-state index is -0.961. The number of nitrogens with zero attached hydrogens (tertiary/aromatic N) is 1. The third kappa shape index (κ3) is 2.83. The van der Waals surface area contributed by atoms with Gasteiger partial charge >= 0.3 is 0 Å². The monoisotopic (exact) mass is 294 g/mol. The van der Waals surface area contributed by atoms with E-state index < -0.39 is 5.54 Å². The zero-order valence-corrected chi connectivity index (χ0v) is 13.5. The average Bonchev–Trinajstić information content (AvgIpc) is 2.82. The molecule has 0 aromatic carbocycles. The summed E-state index contributed by atoms with van der Waals surface area (Å²) in [6, 6.07) is 0. The predicted molar refractivity (Wildman–Crippen MR) is 79.3 cm³/mol. The number of hydrogen-bond donors (Lipinski definition) is 1. The van der Waals surface area contributed by atoms with E-state index in [2.05, 4.69) is 19.2 Å². The van der Waals surface area contributed by atoms with Crippen molar-refractivity contribution in [2.24, 2.45) is 11.3 Å². The van der Waals surface area contributed by atoms with Gasteiger partial charge in [0.25, 0.3) is 5.91 Å². The van der Waals surface area contributed by atoms with Gasteiger partial charge in [-0.1, -0.05) is 26.7 Å². The molecule has 5 nitrogen and oxygen atoms in total. The molecular formula is C16H26N2O3. The minimum Gasteiger partial charge on any atom is -0.319 e. The van der Waals surface area contributed by atoms with Gasteiger partial charge in [0, 0.05) is 5.41 Å². The van der Waals surface area contributed by atoms with Crippen LogP contribution < -0.4 is 5.32 Å². The molecule has 1 saturated heterocycles. The lowest BCUT2D eigenvalue weighted by atomic mass is 9.76. The van der Waals surface area contributed by atoms with Gasteiger partial charge in [-0.25, -0.2) is 0 Å². The number of hydrogen-bond acceptors (Lipinski definition) is 3. The van der Waals surface area contributed by atoms with E-state index in [9.17, 15) is 14.4 Å². The van der Waals surface area contributed by atoms with Gasteiger partial charge in [0.1, 0.15) is 12.1 Å². The highest BCUT2D eigenvalue weighted by Gasteiger charge is 2.51. The second-order valence-electron chi connectivity index (χ2n) is 7.41. The SMILES string of the molecule is CC(C)CC1(C(=O)N2CC(=O)NC(=O)C2(C)C)CCCC1. The Morgan fingerprint density at radius 2 is 1.81 bits per heavy atom. The van der Waals surface area contributed by atoms with Crippen molar-refractivity contribution in [2.45, 2.75) is 65.3 Å². The van der Waals surface area contributed by atoms with Crippen LogP contribution in [0.15, 0.2) is 0 Å². The van der Waals surface area contributed by atoms with Gasteiger partial charge < -0.3 is 4.90 Å². The molecule has 2 aliphatic rings. The van der Waals surface area contributed by atoms with E-state index in [1.54, 1.807) is 13.8 Å². The van der Waals surface area contributed by atoms with Crippen LogP contribution in [0.5, 0.6) is 0 Å². The molecule has 2 rings (SSSR count). The molecule has 1 N–H and O–H groups in total. The van der Waals surface area contributed by atoms with E-state index in [0.29, 0.717) is 5.92 Å². The lowest BCUT2D eigenvalue weighted by Crippen LogP contribution is -2.67. The number of piperazine rings is 1. The van der Waals surface area contributed by atoms with Crippen LogP contribution in [0, 0.1) is 11.3 Å². The van der Waals surface area contributed by atoms with Crippen LogP contribution >= 0.6 is 0 Å². The molecular weight excluding hydrogens is 268 g/mol. The number of carbonyl (C=O) groups excluding carboxylic acids is 3. The lowest BCUT2D eigenvalue weighted by Gasteiger charge is -2.45. The molecule has 1 heterocycles. The van der Waals surface area contributed by atoms with Crippen molar-refractivity contribution in [1.82, 2.24) is 10.2 Å². The molecule has 118 valence electrons. The molecule has 0 spiro atoms. The summed E-state index contributed by atoms with van der Waals surface area (Å²) in [6.45, 7) is 7.64. The largest absolute Gasteiger partial charge is 0.319 e. The molecule has 0 bridgehead atoms. The first-order valence-corrected chi connectivity index (χ1v) is 7.85. The fourth-order valence-corrected chi connectivity index (χ4v) is 3.73. The summed E-state index contributed by atoms with van der Waals surface area (Å²) < 4.78 is 0. The first kappa shape index (κ1) is 16.0. The second kappa shape index (κ2) is 5.43. The Labute approximate surface area is 126 Å². The Balaban J connectivity index is 2.31. The van der Waals surface area contributed by atoms with Crippen LogP contribution in [0.3, 0.4) is 0 Å². The van der Waals surface area contributed by atoms with Crippen molar-refractivity contribution in [3.05, 3.63) is 0 Å². The first-order chi connectivity index (χ1) is 9.69. The summed E-state index contributed by atoms with van der Waals surface area (Å²) in [7, 11) is 0. The third-order valence-corrected chi connectivity index (χ3v) is 4.84. The Morgan fingerprint density at radius 3 is 2.33 bits per heavy atom. The maximum atomic E-state index is 13.2. The Kier molecular flexibility index (Phi) is 4.13. The van der Waals surface area contributed by atoms with Crippen molar-refractivity contribution in [3.63, 3.8) is 0 Å². The highest BCUT2D eigenvalue weighted by molar-refractivity contribution is 6.06. The molecule has 0 unspecified atom stereocenters. The van der Waals surface area contributed by atoms with E-state index in [4.69, 9.17) is 0 Å². The smallest absolute Gasteiger partial charge is 0.252 e. The van der Waals surface area contributed by atoms with E-state index >= 15 is 0 Å². The topological polar surface area (TPSA) is 66.5 Å². The number of rotatable bonds is 3. The molecule has 0 atom stereocenters. The summed E-state index contributed by atoms with van der Waals surface area (Å²) in [5.74, 6) is -0.360. The number of carbonyl (C=O) groups is 3. The van der Waals surface area contributed by atoms with Crippen LogP contribution in [0.4, 0.5) is 0 Å². The maximum absolute atomic E-state index is 13.2. The van der Waals surface area contributed by atoms with Crippen molar-refractivity contribution >= 4 is 17.7 Å². The zero-order valence-electron chi connectivity index (χ0n) is 13.5. The average molecular weight is 294 g/mol. The molecule has 1 saturated carbocycles. The quantitative estimate of drug-likeness (QED) is 0.808. The molecule has 0 aromatic rings. The van der Waals surface area contributed by atoms with Gasteiger partial charge in [-0.2, -0.15) is 0 Å². The predicted octanol–water partition coefficient (Wildman–Crippen LogP) is 1.86. The van der Waals surface area contributed by atoms with Crippen LogP contribution in [0.1, 0.15) is 59.8 Å². The van der Waals surface area contributed by atoms with Gasteiger partial charge in [-0.15, -0.1) is 0 Å². The second-order valence-corrected chi connectivity index (χ2v) is 7.41. The summed E-state index contributed by atoms with van der Waals surface area (Å²) >= 11 is 0. The van der Waals surface area contributed by atoms with Crippen molar-refractivity contribution in [1.29, 1.82) is 0 Å². The Bertz CT molecular complexity index is 462. The summed E-state index contributed by atoms with van der Waals surface area (Å²) in [6.07, 6.45) is 4.66. The van der Waals surface area contributed by atoms with Gasteiger partial charge in [0.15, 0.2) is 0 Å². The highest BCUT2D eigenvalue weighted by atomic mass is 16.2. The summed E-state index contributed by atoms with van der Waals surface area (Å²) in [4.78, 5) is 38.4. The maximum Gasteiger partial charge on any atom is 0.252 e.